The number of likely N-dealkylation sites (N-methyl/N-ethyl adjacent to an activating group) is 1. The fourth-order valence-corrected chi connectivity index (χ4v) is 6.60. The summed E-state index contributed by atoms with van der Waals surface area (Å²) >= 11 is 0. The summed E-state index contributed by atoms with van der Waals surface area (Å²) in [5.74, 6) is 0. The number of aliphatic imine (C=N–C) groups is 2. The number of aryl methyl sites for hydroxylation is 1. The summed E-state index contributed by atoms with van der Waals surface area (Å²) in [6.45, 7) is 9.01. The van der Waals surface area contributed by atoms with E-state index in [1.807, 2.05) is 18.5 Å². The summed E-state index contributed by atoms with van der Waals surface area (Å²) in [4.78, 5) is 21.1. The lowest BCUT2D eigenvalue weighted by atomic mass is 10.0. The number of piperidine rings is 1. The Labute approximate surface area is 261 Å². The Balaban J connectivity index is 0.000000142. The van der Waals surface area contributed by atoms with Gasteiger partial charge in [0.2, 0.25) is 0 Å². The maximum absolute atomic E-state index is 4.83. The molecule has 0 bridgehead atoms. The molecule has 0 N–H and O–H groups in total. The second-order valence-corrected chi connectivity index (χ2v) is 12.5. The molecule has 5 heterocycles. The highest BCUT2D eigenvalue weighted by Crippen LogP contribution is 2.31. The molecule has 4 aliphatic heterocycles. The molecule has 4 aliphatic rings. The lowest BCUT2D eigenvalue weighted by molar-refractivity contribution is 0.313. The van der Waals surface area contributed by atoms with Gasteiger partial charge in [0.25, 0.3) is 0 Å². The lowest BCUT2D eigenvalue weighted by Gasteiger charge is -2.34. The molecule has 6 heteroatoms. The summed E-state index contributed by atoms with van der Waals surface area (Å²) in [5.41, 5.74) is 13.6. The molecule has 0 atom stereocenters. The molecule has 3 aromatic carbocycles. The van der Waals surface area contributed by atoms with Crippen molar-refractivity contribution in [2.24, 2.45) is 9.98 Å². The standard InChI is InChI=1S/C20H22N2.C18H20N4/c1-15-5-6-17-14-20(21-19(17)13-15)16-7-9-18(10-8-16)22-11-3-2-4-12-22;1-21-8-10-22(11-9-21)16-4-2-14(3-5-16)18-12-15-13-19-7-6-17(15)20-18/h5-10,13H,2-4,11-12,14H2,1H3;2-7,13H,8-12H2,1H3. The highest BCUT2D eigenvalue weighted by molar-refractivity contribution is 6.07. The molecule has 2 fully saturated rings. The number of pyridine rings is 1. The summed E-state index contributed by atoms with van der Waals surface area (Å²) in [6, 6.07) is 26.4. The van der Waals surface area contributed by atoms with E-state index in [9.17, 15) is 0 Å². The van der Waals surface area contributed by atoms with Gasteiger partial charge in [0, 0.05) is 81.4 Å². The van der Waals surface area contributed by atoms with Crippen molar-refractivity contribution in [1.29, 1.82) is 0 Å². The molecule has 1 aromatic heterocycles. The minimum absolute atomic E-state index is 0.886. The first-order valence-electron chi connectivity index (χ1n) is 16.2. The molecular formula is C38H42N6. The second kappa shape index (κ2) is 12.7. The number of aromatic nitrogens is 1. The average molecular weight is 583 g/mol. The Hall–Kier alpha value is -4.29. The number of nitrogens with zero attached hydrogens (tertiary/aromatic N) is 6. The van der Waals surface area contributed by atoms with Crippen molar-refractivity contribution >= 4 is 34.2 Å². The first kappa shape index (κ1) is 28.5. The molecule has 0 spiro atoms. The van der Waals surface area contributed by atoms with Gasteiger partial charge < -0.3 is 14.7 Å². The van der Waals surface area contributed by atoms with Crippen LogP contribution in [-0.2, 0) is 12.8 Å². The first-order valence-corrected chi connectivity index (χ1v) is 16.2. The van der Waals surface area contributed by atoms with Crippen LogP contribution in [0.5, 0.6) is 0 Å². The largest absolute Gasteiger partial charge is 0.372 e. The van der Waals surface area contributed by atoms with E-state index in [1.54, 1.807) is 0 Å². The highest BCUT2D eigenvalue weighted by Gasteiger charge is 2.19. The van der Waals surface area contributed by atoms with Crippen LogP contribution in [0.2, 0.25) is 0 Å². The molecule has 2 saturated heterocycles. The Morgan fingerprint density at radius 1 is 0.568 bits per heavy atom. The monoisotopic (exact) mass is 582 g/mol. The van der Waals surface area contributed by atoms with Crippen molar-refractivity contribution in [3.8, 4) is 0 Å². The van der Waals surface area contributed by atoms with Gasteiger partial charge in [0.1, 0.15) is 0 Å². The van der Waals surface area contributed by atoms with E-state index in [0.29, 0.717) is 0 Å². The number of benzene rings is 3. The van der Waals surface area contributed by atoms with Crippen LogP contribution in [0.4, 0.5) is 22.7 Å². The quantitative estimate of drug-likeness (QED) is 0.256. The molecule has 224 valence electrons. The predicted octanol–water partition coefficient (Wildman–Crippen LogP) is 7.17. The normalized spacial score (nSPS) is 17.8. The smallest absolute Gasteiger partial charge is 0.0699 e. The minimum atomic E-state index is 0.886. The maximum Gasteiger partial charge on any atom is 0.0699 e. The van der Waals surface area contributed by atoms with Gasteiger partial charge in [-0.05, 0) is 91.9 Å². The van der Waals surface area contributed by atoms with Crippen LogP contribution in [0.1, 0.15) is 47.1 Å². The van der Waals surface area contributed by atoms with E-state index >= 15 is 0 Å². The maximum atomic E-state index is 4.83. The fraction of sp³-hybridized carbons (Fsp3) is 0.342. The van der Waals surface area contributed by atoms with Crippen molar-refractivity contribution in [1.82, 2.24) is 9.88 Å². The van der Waals surface area contributed by atoms with Crippen molar-refractivity contribution < 1.29 is 0 Å². The molecule has 6 nitrogen and oxygen atoms in total. The lowest BCUT2D eigenvalue weighted by Crippen LogP contribution is -2.44. The zero-order valence-electron chi connectivity index (χ0n) is 26.0. The van der Waals surface area contributed by atoms with Crippen molar-refractivity contribution in [2.75, 3.05) is 56.1 Å². The topological polar surface area (TPSA) is 47.3 Å². The van der Waals surface area contributed by atoms with Crippen molar-refractivity contribution in [3.63, 3.8) is 0 Å². The predicted molar refractivity (Wildman–Crippen MR) is 184 cm³/mol. The van der Waals surface area contributed by atoms with E-state index in [4.69, 9.17) is 9.98 Å². The zero-order valence-corrected chi connectivity index (χ0v) is 26.0. The number of hydrogen-bond acceptors (Lipinski definition) is 6. The Morgan fingerprint density at radius 2 is 1.16 bits per heavy atom. The summed E-state index contributed by atoms with van der Waals surface area (Å²) in [6.07, 6.45) is 9.59. The molecule has 0 radical (unpaired) electrons. The van der Waals surface area contributed by atoms with E-state index in [2.05, 4.69) is 100 Å². The van der Waals surface area contributed by atoms with E-state index < -0.39 is 0 Å². The minimum Gasteiger partial charge on any atom is -0.372 e. The summed E-state index contributed by atoms with van der Waals surface area (Å²) in [5, 5.41) is 0. The second-order valence-electron chi connectivity index (χ2n) is 12.5. The number of rotatable bonds is 4. The van der Waals surface area contributed by atoms with Gasteiger partial charge in [0.05, 0.1) is 22.8 Å². The van der Waals surface area contributed by atoms with Crippen molar-refractivity contribution in [2.45, 2.75) is 39.0 Å². The third-order valence-electron chi connectivity index (χ3n) is 9.34. The van der Waals surface area contributed by atoms with Crippen LogP contribution in [0, 0.1) is 6.92 Å². The molecule has 8 rings (SSSR count). The van der Waals surface area contributed by atoms with E-state index in [1.165, 1.54) is 77.3 Å². The van der Waals surface area contributed by atoms with Crippen LogP contribution >= 0.6 is 0 Å². The highest BCUT2D eigenvalue weighted by atomic mass is 15.2. The number of anilines is 2. The van der Waals surface area contributed by atoms with Gasteiger partial charge in [-0.1, -0.05) is 36.4 Å². The van der Waals surface area contributed by atoms with Crippen LogP contribution in [0.15, 0.2) is 95.2 Å². The van der Waals surface area contributed by atoms with Gasteiger partial charge in [0.15, 0.2) is 0 Å². The Kier molecular flexibility index (Phi) is 8.25. The van der Waals surface area contributed by atoms with Gasteiger partial charge in [-0.3, -0.25) is 15.0 Å². The van der Waals surface area contributed by atoms with Crippen molar-refractivity contribution in [3.05, 3.63) is 113 Å². The van der Waals surface area contributed by atoms with Gasteiger partial charge in [-0.15, -0.1) is 0 Å². The van der Waals surface area contributed by atoms with Crippen LogP contribution in [0.3, 0.4) is 0 Å². The average Bonchev–Trinajstić information content (AvgIpc) is 3.71. The molecule has 0 saturated carbocycles. The third-order valence-corrected chi connectivity index (χ3v) is 9.34. The third kappa shape index (κ3) is 6.31. The number of fused-ring (bicyclic) bond motifs is 2. The first-order chi connectivity index (χ1) is 21.6. The molecule has 4 aromatic rings. The summed E-state index contributed by atoms with van der Waals surface area (Å²) in [7, 11) is 2.19. The zero-order chi connectivity index (χ0) is 29.9. The van der Waals surface area contributed by atoms with Gasteiger partial charge in [-0.2, -0.15) is 0 Å². The number of hydrogen-bond donors (Lipinski definition) is 0. The molecular weight excluding hydrogens is 540 g/mol. The van der Waals surface area contributed by atoms with Crippen LogP contribution < -0.4 is 9.80 Å². The summed E-state index contributed by atoms with van der Waals surface area (Å²) < 4.78 is 0. The van der Waals surface area contributed by atoms with Gasteiger partial charge >= 0.3 is 0 Å². The Morgan fingerprint density at radius 3 is 1.80 bits per heavy atom. The molecule has 0 unspecified atom stereocenters. The molecule has 44 heavy (non-hydrogen) atoms. The fourth-order valence-electron chi connectivity index (χ4n) is 6.60. The van der Waals surface area contributed by atoms with E-state index in [-0.39, 0.29) is 0 Å². The van der Waals surface area contributed by atoms with Gasteiger partial charge in [-0.25, -0.2) is 0 Å². The van der Waals surface area contributed by atoms with Crippen LogP contribution in [-0.4, -0.2) is 67.6 Å². The molecule has 0 aliphatic carbocycles. The van der Waals surface area contributed by atoms with Crippen LogP contribution in [0.25, 0.3) is 0 Å². The van der Waals surface area contributed by atoms with E-state index in [0.717, 1.165) is 56.1 Å². The molecule has 0 amide bonds. The SMILES string of the molecule is CN1CCN(c2ccc(C3=Nc4ccncc4C3)cc2)CC1.Cc1ccc2c(c1)N=C(c1ccc(N3CCCCC3)cc1)C2. The Bertz CT molecular complexity index is 1660. The number of piperazine rings is 1.